The van der Waals surface area contributed by atoms with Crippen LogP contribution in [-0.4, -0.2) is 40.2 Å². The van der Waals surface area contributed by atoms with Crippen LogP contribution in [0, 0.1) is 0 Å². The number of rotatable bonds is 8. The Hall–Kier alpha value is -2.86. The van der Waals surface area contributed by atoms with Gasteiger partial charge in [-0.3, -0.25) is 14.5 Å². The van der Waals surface area contributed by atoms with E-state index in [0.717, 1.165) is 29.5 Å². The van der Waals surface area contributed by atoms with E-state index in [1.54, 1.807) is 17.0 Å². The first kappa shape index (κ1) is 21.4. The van der Waals surface area contributed by atoms with Gasteiger partial charge in [-0.15, -0.1) is 0 Å². The number of nitrogens with one attached hydrogen (secondary N) is 1. The summed E-state index contributed by atoms with van der Waals surface area (Å²) < 4.78 is 0. The van der Waals surface area contributed by atoms with Crippen LogP contribution in [0.4, 0.5) is 4.79 Å². The van der Waals surface area contributed by atoms with Gasteiger partial charge in [-0.1, -0.05) is 54.4 Å². The molecular weight excluding hydrogens is 414 g/mol. The van der Waals surface area contributed by atoms with Gasteiger partial charge in [0.15, 0.2) is 0 Å². The van der Waals surface area contributed by atoms with Gasteiger partial charge in [0.2, 0.25) is 5.91 Å². The standard InChI is InChI=1S/C24H26ClN3O3/c25-20-11-9-17(10-12-20)15-26-22(29)8-2-1-5-13-27-23(30)21-14-18-6-3-4-7-19(18)16-28(21)24(27)31/h3-4,6-7,9-12,21H,1-2,5,8,13-16H2,(H,26,29)/t21-/m0/s1. The van der Waals surface area contributed by atoms with Gasteiger partial charge in [0, 0.05) is 37.5 Å². The number of halogens is 1. The van der Waals surface area contributed by atoms with Gasteiger partial charge in [-0.2, -0.15) is 0 Å². The lowest BCUT2D eigenvalue weighted by Crippen LogP contribution is -2.39. The van der Waals surface area contributed by atoms with Crippen molar-refractivity contribution in [1.29, 1.82) is 0 Å². The van der Waals surface area contributed by atoms with Crippen LogP contribution < -0.4 is 5.32 Å². The van der Waals surface area contributed by atoms with E-state index < -0.39 is 0 Å². The van der Waals surface area contributed by atoms with Gasteiger partial charge in [-0.25, -0.2) is 4.79 Å². The fraction of sp³-hybridized carbons (Fsp3) is 0.375. The molecule has 0 spiro atoms. The summed E-state index contributed by atoms with van der Waals surface area (Å²) >= 11 is 5.86. The molecule has 2 aromatic rings. The van der Waals surface area contributed by atoms with Crippen molar-refractivity contribution in [1.82, 2.24) is 15.1 Å². The van der Waals surface area contributed by atoms with E-state index in [4.69, 9.17) is 11.6 Å². The molecule has 162 valence electrons. The monoisotopic (exact) mass is 439 g/mol. The predicted molar refractivity (Wildman–Crippen MR) is 118 cm³/mol. The molecule has 4 rings (SSSR count). The Morgan fingerprint density at radius 1 is 1.00 bits per heavy atom. The number of nitrogens with zero attached hydrogens (tertiary/aromatic N) is 2. The fourth-order valence-corrected chi connectivity index (χ4v) is 4.33. The zero-order valence-electron chi connectivity index (χ0n) is 17.4. The van der Waals surface area contributed by atoms with Crippen molar-refractivity contribution in [3.8, 4) is 0 Å². The van der Waals surface area contributed by atoms with Gasteiger partial charge < -0.3 is 10.2 Å². The number of hydrogen-bond acceptors (Lipinski definition) is 3. The van der Waals surface area contributed by atoms with Gasteiger partial charge >= 0.3 is 6.03 Å². The molecule has 1 saturated heterocycles. The third kappa shape index (κ3) is 4.90. The number of amides is 4. The normalized spacial score (nSPS) is 17.5. The predicted octanol–water partition coefficient (Wildman–Crippen LogP) is 3.91. The van der Waals surface area contributed by atoms with Crippen LogP contribution in [-0.2, 0) is 29.1 Å². The van der Waals surface area contributed by atoms with Crippen LogP contribution in [0.2, 0.25) is 5.02 Å². The van der Waals surface area contributed by atoms with Crippen LogP contribution >= 0.6 is 11.6 Å². The second-order valence-electron chi connectivity index (χ2n) is 8.10. The second-order valence-corrected chi connectivity index (χ2v) is 8.54. The summed E-state index contributed by atoms with van der Waals surface area (Å²) in [4.78, 5) is 40.6. The first-order chi connectivity index (χ1) is 15.0. The molecule has 0 unspecified atom stereocenters. The van der Waals surface area contributed by atoms with Gasteiger partial charge in [-0.05, 0) is 41.7 Å². The molecule has 1 fully saturated rings. The molecule has 2 aliphatic rings. The van der Waals surface area contributed by atoms with Crippen molar-refractivity contribution in [2.75, 3.05) is 6.54 Å². The Morgan fingerprint density at radius 2 is 1.74 bits per heavy atom. The number of urea groups is 1. The second kappa shape index (κ2) is 9.52. The van der Waals surface area contributed by atoms with Crippen LogP contribution in [0.3, 0.4) is 0 Å². The fourth-order valence-electron chi connectivity index (χ4n) is 4.20. The first-order valence-corrected chi connectivity index (χ1v) is 11.1. The number of unbranched alkanes of at least 4 members (excludes halogenated alkanes) is 2. The lowest BCUT2D eigenvalue weighted by atomic mass is 9.95. The number of benzene rings is 2. The smallest absolute Gasteiger partial charge is 0.327 e. The minimum absolute atomic E-state index is 0.00169. The molecule has 0 aliphatic carbocycles. The van der Waals surface area contributed by atoms with Crippen molar-refractivity contribution >= 4 is 29.4 Å². The van der Waals surface area contributed by atoms with Crippen molar-refractivity contribution < 1.29 is 14.4 Å². The van der Waals surface area contributed by atoms with E-state index in [2.05, 4.69) is 5.32 Å². The van der Waals surface area contributed by atoms with Crippen molar-refractivity contribution in [3.05, 3.63) is 70.2 Å². The highest BCUT2D eigenvalue weighted by Gasteiger charge is 2.46. The van der Waals surface area contributed by atoms with Gasteiger partial charge in [0.1, 0.15) is 6.04 Å². The molecule has 0 radical (unpaired) electrons. The highest BCUT2D eigenvalue weighted by molar-refractivity contribution is 6.30. The quantitative estimate of drug-likeness (QED) is 0.501. The maximum absolute atomic E-state index is 12.8. The zero-order valence-corrected chi connectivity index (χ0v) is 18.1. The average molecular weight is 440 g/mol. The number of fused-ring (bicyclic) bond motifs is 2. The average Bonchev–Trinajstić information content (AvgIpc) is 3.01. The summed E-state index contributed by atoms with van der Waals surface area (Å²) in [5, 5.41) is 3.57. The van der Waals surface area contributed by atoms with Crippen LogP contribution in [0.15, 0.2) is 48.5 Å². The lowest BCUT2D eigenvalue weighted by molar-refractivity contribution is -0.128. The van der Waals surface area contributed by atoms with Crippen LogP contribution in [0.25, 0.3) is 0 Å². The largest absolute Gasteiger partial charge is 0.352 e. The molecule has 0 aromatic heterocycles. The molecule has 2 aliphatic heterocycles. The van der Waals surface area contributed by atoms with E-state index in [1.807, 2.05) is 36.4 Å². The molecule has 0 saturated carbocycles. The highest BCUT2D eigenvalue weighted by Crippen LogP contribution is 2.30. The number of hydrogen-bond donors (Lipinski definition) is 1. The van der Waals surface area contributed by atoms with Crippen LogP contribution in [0.1, 0.15) is 42.4 Å². The molecule has 2 heterocycles. The zero-order chi connectivity index (χ0) is 21.8. The first-order valence-electron chi connectivity index (χ1n) is 10.7. The minimum Gasteiger partial charge on any atom is -0.352 e. The minimum atomic E-state index is -0.374. The SMILES string of the molecule is O=C(CCCCCN1C(=O)[C@@H]2Cc3ccccc3CN2C1=O)NCc1ccc(Cl)cc1. The topological polar surface area (TPSA) is 69.7 Å². The van der Waals surface area contributed by atoms with E-state index in [9.17, 15) is 14.4 Å². The van der Waals surface area contributed by atoms with Crippen molar-refractivity contribution in [2.24, 2.45) is 0 Å². The molecule has 6 nitrogen and oxygen atoms in total. The van der Waals surface area contributed by atoms with E-state index in [1.165, 1.54) is 4.90 Å². The molecule has 7 heteroatoms. The summed E-state index contributed by atoms with van der Waals surface area (Å²) in [7, 11) is 0. The Bertz CT molecular complexity index is 933. The maximum Gasteiger partial charge on any atom is 0.327 e. The molecular formula is C24H26ClN3O3. The van der Waals surface area contributed by atoms with Crippen molar-refractivity contribution in [2.45, 2.75) is 51.2 Å². The lowest BCUT2D eigenvalue weighted by Gasteiger charge is -2.28. The Labute approximate surface area is 187 Å². The molecule has 4 amide bonds. The number of carbonyl (C=O) groups is 3. The summed E-state index contributed by atoms with van der Waals surface area (Å²) in [6.07, 6.45) is 3.23. The summed E-state index contributed by atoms with van der Waals surface area (Å²) in [6, 6.07) is 14.8. The summed E-state index contributed by atoms with van der Waals surface area (Å²) in [5.41, 5.74) is 3.27. The van der Waals surface area contributed by atoms with Gasteiger partial charge in [0.05, 0.1) is 0 Å². The number of imide groups is 1. The molecule has 2 aromatic carbocycles. The summed E-state index contributed by atoms with van der Waals surface area (Å²) in [5.74, 6) is -0.0987. The molecule has 0 bridgehead atoms. The van der Waals surface area contributed by atoms with Crippen LogP contribution in [0.5, 0.6) is 0 Å². The Balaban J connectivity index is 1.17. The van der Waals surface area contributed by atoms with E-state index >= 15 is 0 Å². The maximum atomic E-state index is 12.8. The van der Waals surface area contributed by atoms with E-state index in [0.29, 0.717) is 43.9 Å². The Morgan fingerprint density at radius 3 is 2.52 bits per heavy atom. The summed E-state index contributed by atoms with van der Waals surface area (Å²) in [6.45, 7) is 1.38. The van der Waals surface area contributed by atoms with Gasteiger partial charge in [0.25, 0.3) is 5.91 Å². The molecule has 1 N–H and O–H groups in total. The third-order valence-electron chi connectivity index (χ3n) is 5.96. The highest BCUT2D eigenvalue weighted by atomic mass is 35.5. The third-order valence-corrected chi connectivity index (χ3v) is 6.22. The van der Waals surface area contributed by atoms with E-state index in [-0.39, 0.29) is 23.9 Å². The Kier molecular flexibility index (Phi) is 6.56. The molecule has 1 atom stereocenters. The number of carbonyl (C=O) groups excluding carboxylic acids is 3. The van der Waals surface area contributed by atoms with Crippen molar-refractivity contribution in [3.63, 3.8) is 0 Å². The molecule has 31 heavy (non-hydrogen) atoms.